The second-order valence-electron chi connectivity index (χ2n) is 4.00. The number of hydrogen-bond acceptors (Lipinski definition) is 4. The van der Waals surface area contributed by atoms with E-state index < -0.39 is 4.92 Å². The van der Waals surface area contributed by atoms with Gasteiger partial charge in [0.1, 0.15) is 21.8 Å². The molecule has 0 radical (unpaired) electrons. The number of halogens is 2. The van der Waals surface area contributed by atoms with E-state index in [-0.39, 0.29) is 21.7 Å². The van der Waals surface area contributed by atoms with Crippen LogP contribution in [0.15, 0.2) is 45.3 Å². The first-order chi connectivity index (χ1) is 9.90. The average Bonchev–Trinajstić information content (AvgIpc) is 2.40. The summed E-state index contributed by atoms with van der Waals surface area (Å²) in [6.07, 6.45) is 0. The van der Waals surface area contributed by atoms with Crippen LogP contribution in [0.1, 0.15) is 5.56 Å². The molecule has 0 aliphatic heterocycles. The minimum absolute atomic E-state index is 0.105. The molecular formula is C13H9Br2N3O3. The van der Waals surface area contributed by atoms with Crippen molar-refractivity contribution in [3.63, 3.8) is 0 Å². The highest BCUT2D eigenvalue weighted by Gasteiger charge is 2.18. The molecule has 0 saturated carbocycles. The first kappa shape index (κ1) is 15.5. The average molecular weight is 415 g/mol. The van der Waals surface area contributed by atoms with E-state index in [1.54, 1.807) is 24.3 Å². The Bertz CT molecular complexity index is 735. The quantitative estimate of drug-likeness (QED) is 0.338. The number of nitrogens with zero attached hydrogens (tertiary/aromatic N) is 1. The van der Waals surface area contributed by atoms with Crippen molar-refractivity contribution < 1.29 is 9.66 Å². The summed E-state index contributed by atoms with van der Waals surface area (Å²) in [5.74, 6) is 0.446. The number of nitrogen functional groups attached to an aromatic ring is 1. The molecule has 8 heteroatoms. The number of ether oxygens (including phenoxy) is 1. The number of benzene rings is 2. The molecule has 2 aromatic rings. The van der Waals surface area contributed by atoms with Gasteiger partial charge in [0.2, 0.25) is 0 Å². The minimum Gasteiger partial charge on any atom is -0.455 e. The lowest BCUT2D eigenvalue weighted by atomic mass is 10.2. The van der Waals surface area contributed by atoms with Crippen LogP contribution < -0.4 is 10.5 Å². The maximum absolute atomic E-state index is 10.9. The van der Waals surface area contributed by atoms with Crippen LogP contribution in [0.3, 0.4) is 0 Å². The Hall–Kier alpha value is -1.93. The fraction of sp³-hybridized carbons (Fsp3) is 0. The van der Waals surface area contributed by atoms with Crippen LogP contribution in [0.5, 0.6) is 11.5 Å². The zero-order valence-corrected chi connectivity index (χ0v) is 13.6. The summed E-state index contributed by atoms with van der Waals surface area (Å²) in [7, 11) is 0. The lowest BCUT2D eigenvalue weighted by Gasteiger charge is -2.12. The first-order valence-corrected chi connectivity index (χ1v) is 7.23. The van der Waals surface area contributed by atoms with Gasteiger partial charge in [-0.1, -0.05) is 22.0 Å². The molecule has 6 nitrogen and oxygen atoms in total. The van der Waals surface area contributed by atoms with E-state index >= 15 is 0 Å². The smallest absolute Gasteiger partial charge is 0.287 e. The Balaban J connectivity index is 2.48. The number of nitrogens with one attached hydrogen (secondary N) is 1. The predicted octanol–water partition coefficient (Wildman–Crippen LogP) is 4.20. The van der Waals surface area contributed by atoms with Crippen LogP contribution in [-0.4, -0.2) is 10.8 Å². The van der Waals surface area contributed by atoms with Gasteiger partial charge in [-0.05, 0) is 40.2 Å². The molecule has 0 aromatic heterocycles. The fourth-order valence-corrected chi connectivity index (χ4v) is 2.47. The maximum Gasteiger partial charge on any atom is 0.287 e. The van der Waals surface area contributed by atoms with Gasteiger partial charge in [-0.2, -0.15) is 0 Å². The second kappa shape index (κ2) is 6.23. The van der Waals surface area contributed by atoms with E-state index in [0.717, 1.165) is 4.47 Å². The highest BCUT2D eigenvalue weighted by Crippen LogP contribution is 2.37. The van der Waals surface area contributed by atoms with Crippen molar-refractivity contribution in [3.05, 3.63) is 61.0 Å². The molecule has 0 aliphatic rings. The SMILES string of the molecule is N=C(N)c1ccc(Br)cc1Oc1cccc([N+](=O)[O-])c1Br. The van der Waals surface area contributed by atoms with Crippen molar-refractivity contribution in [1.29, 1.82) is 5.41 Å². The molecular weight excluding hydrogens is 406 g/mol. The van der Waals surface area contributed by atoms with Crippen LogP contribution in [0.25, 0.3) is 0 Å². The normalized spacial score (nSPS) is 10.2. The zero-order chi connectivity index (χ0) is 15.6. The Morgan fingerprint density at radius 2 is 1.95 bits per heavy atom. The zero-order valence-electron chi connectivity index (χ0n) is 10.5. The van der Waals surface area contributed by atoms with Crippen molar-refractivity contribution in [2.45, 2.75) is 0 Å². The van der Waals surface area contributed by atoms with Gasteiger partial charge in [0.25, 0.3) is 5.69 Å². The number of rotatable bonds is 4. The fourth-order valence-electron chi connectivity index (χ4n) is 1.64. The molecule has 0 heterocycles. The molecule has 21 heavy (non-hydrogen) atoms. The molecule has 2 aromatic carbocycles. The summed E-state index contributed by atoms with van der Waals surface area (Å²) in [5, 5.41) is 18.5. The topological polar surface area (TPSA) is 102 Å². The summed E-state index contributed by atoms with van der Waals surface area (Å²) in [4.78, 5) is 10.4. The second-order valence-corrected chi connectivity index (χ2v) is 5.71. The van der Waals surface area contributed by atoms with E-state index in [2.05, 4.69) is 31.9 Å². The van der Waals surface area contributed by atoms with Gasteiger partial charge in [-0.25, -0.2) is 0 Å². The van der Waals surface area contributed by atoms with E-state index in [9.17, 15) is 10.1 Å². The minimum atomic E-state index is -0.510. The third kappa shape index (κ3) is 3.40. The third-order valence-corrected chi connectivity index (χ3v) is 3.88. The monoisotopic (exact) mass is 413 g/mol. The summed E-state index contributed by atoms with van der Waals surface area (Å²) in [5.41, 5.74) is 5.80. The van der Waals surface area contributed by atoms with Crippen molar-refractivity contribution >= 4 is 43.4 Å². The standard InChI is InChI=1S/C13H9Br2N3O3/c14-7-4-5-8(13(16)17)11(6-7)21-10-3-1-2-9(12(10)15)18(19)20/h1-6H,(H3,16,17). The van der Waals surface area contributed by atoms with Gasteiger partial charge < -0.3 is 10.5 Å². The number of nitrogens with two attached hydrogens (primary N) is 1. The van der Waals surface area contributed by atoms with E-state index in [4.69, 9.17) is 15.9 Å². The molecule has 0 bridgehead atoms. The molecule has 0 fully saturated rings. The Morgan fingerprint density at radius 1 is 1.24 bits per heavy atom. The van der Waals surface area contributed by atoms with Crippen molar-refractivity contribution in [1.82, 2.24) is 0 Å². The van der Waals surface area contributed by atoms with Crippen LogP contribution in [-0.2, 0) is 0 Å². The van der Waals surface area contributed by atoms with Gasteiger partial charge in [0.15, 0.2) is 0 Å². The molecule has 0 aliphatic carbocycles. The molecule has 0 saturated heterocycles. The Labute approximate surface area is 136 Å². The highest BCUT2D eigenvalue weighted by molar-refractivity contribution is 9.11. The van der Waals surface area contributed by atoms with Gasteiger partial charge in [-0.3, -0.25) is 15.5 Å². The summed E-state index contributed by atoms with van der Waals surface area (Å²) < 4.78 is 6.64. The van der Waals surface area contributed by atoms with Gasteiger partial charge >= 0.3 is 0 Å². The Kier molecular flexibility index (Phi) is 4.59. The lowest BCUT2D eigenvalue weighted by molar-refractivity contribution is -0.385. The number of nitro groups is 1. The summed E-state index contributed by atoms with van der Waals surface area (Å²) in [6.45, 7) is 0. The molecule has 108 valence electrons. The largest absolute Gasteiger partial charge is 0.455 e. The molecule has 0 amide bonds. The van der Waals surface area contributed by atoms with Crippen LogP contribution in [0.4, 0.5) is 5.69 Å². The molecule has 2 rings (SSSR count). The van der Waals surface area contributed by atoms with Crippen molar-refractivity contribution in [2.75, 3.05) is 0 Å². The van der Waals surface area contributed by atoms with Crippen LogP contribution >= 0.6 is 31.9 Å². The molecule has 3 N–H and O–H groups in total. The van der Waals surface area contributed by atoms with E-state index in [1.165, 1.54) is 12.1 Å². The van der Waals surface area contributed by atoms with Crippen molar-refractivity contribution in [3.8, 4) is 11.5 Å². The molecule has 0 unspecified atom stereocenters. The third-order valence-electron chi connectivity index (χ3n) is 2.59. The summed E-state index contributed by atoms with van der Waals surface area (Å²) >= 11 is 6.46. The van der Waals surface area contributed by atoms with Crippen LogP contribution in [0.2, 0.25) is 0 Å². The van der Waals surface area contributed by atoms with Crippen LogP contribution in [0, 0.1) is 15.5 Å². The lowest BCUT2D eigenvalue weighted by Crippen LogP contribution is -2.12. The maximum atomic E-state index is 10.9. The van der Waals surface area contributed by atoms with Gasteiger partial charge in [0.05, 0.1) is 10.5 Å². The number of nitro benzene ring substituents is 1. The van der Waals surface area contributed by atoms with E-state index in [0.29, 0.717) is 11.3 Å². The predicted molar refractivity (Wildman–Crippen MR) is 86.0 cm³/mol. The summed E-state index contributed by atoms with van der Waals surface area (Å²) in [6, 6.07) is 9.47. The van der Waals surface area contributed by atoms with Gasteiger partial charge in [0, 0.05) is 10.5 Å². The van der Waals surface area contributed by atoms with E-state index in [1.807, 2.05) is 0 Å². The van der Waals surface area contributed by atoms with Gasteiger partial charge in [-0.15, -0.1) is 0 Å². The highest BCUT2D eigenvalue weighted by atomic mass is 79.9. The molecule has 0 atom stereocenters. The van der Waals surface area contributed by atoms with Crippen molar-refractivity contribution in [2.24, 2.45) is 5.73 Å². The first-order valence-electron chi connectivity index (χ1n) is 5.65. The number of amidine groups is 1. The Morgan fingerprint density at radius 3 is 2.57 bits per heavy atom. The molecule has 0 spiro atoms. The number of hydrogen-bond donors (Lipinski definition) is 2.